The number of nitrogens with zero attached hydrogens (tertiary/aromatic N) is 2. The van der Waals surface area contributed by atoms with Crippen molar-refractivity contribution in [3.8, 4) is 5.75 Å². The van der Waals surface area contributed by atoms with E-state index in [2.05, 4.69) is 16.4 Å². The van der Waals surface area contributed by atoms with E-state index in [4.69, 9.17) is 4.74 Å². The molecule has 0 saturated heterocycles. The molecule has 1 aliphatic heterocycles. The van der Waals surface area contributed by atoms with Gasteiger partial charge < -0.3 is 25.2 Å². The number of nitrogens with one attached hydrogen (secondary N) is 1. The zero-order valence-corrected chi connectivity index (χ0v) is 16.6. The van der Waals surface area contributed by atoms with Crippen LogP contribution in [0.25, 0.3) is 0 Å². The highest BCUT2D eigenvalue weighted by molar-refractivity contribution is 5.65. The van der Waals surface area contributed by atoms with Gasteiger partial charge in [0.25, 0.3) is 0 Å². The third-order valence-corrected chi connectivity index (χ3v) is 5.43. The number of aliphatic hydroxyl groups excluding tert-OH is 1. The zero-order chi connectivity index (χ0) is 21.1. The third kappa shape index (κ3) is 4.22. The Kier molecular flexibility index (Phi) is 5.83. The fraction of sp³-hybridized carbons (Fsp3) is 0.261. The second-order valence-electron chi connectivity index (χ2n) is 7.31. The number of aromatic nitrogens is 1. The van der Waals surface area contributed by atoms with Crippen molar-refractivity contribution >= 4 is 17.1 Å². The second kappa shape index (κ2) is 8.69. The van der Waals surface area contributed by atoms with Crippen molar-refractivity contribution in [1.82, 2.24) is 4.98 Å². The van der Waals surface area contributed by atoms with Crippen LogP contribution in [-0.2, 0) is 0 Å². The fourth-order valence-corrected chi connectivity index (χ4v) is 3.70. The number of rotatable bonds is 6. The molecule has 156 valence electrons. The van der Waals surface area contributed by atoms with Crippen LogP contribution in [0.5, 0.6) is 5.75 Å². The smallest absolute Gasteiger partial charge is 0.180 e. The molecule has 0 fully saturated rings. The number of pyridine rings is 1. The Labute approximate surface area is 174 Å². The predicted molar refractivity (Wildman–Crippen MR) is 114 cm³/mol. The molecule has 0 radical (unpaired) electrons. The van der Waals surface area contributed by atoms with E-state index in [0.717, 1.165) is 29.1 Å². The van der Waals surface area contributed by atoms with Crippen LogP contribution < -0.4 is 15.0 Å². The Morgan fingerprint density at radius 3 is 2.70 bits per heavy atom. The topological polar surface area (TPSA) is 77.9 Å². The quantitative estimate of drug-likeness (QED) is 0.535. The van der Waals surface area contributed by atoms with Crippen molar-refractivity contribution in [1.29, 1.82) is 0 Å². The van der Waals surface area contributed by atoms with Crippen LogP contribution in [0.15, 0.2) is 60.9 Å². The second-order valence-corrected chi connectivity index (χ2v) is 7.31. The molecular weight excluding hydrogens is 385 g/mol. The maximum Gasteiger partial charge on any atom is 0.180 e. The standard InChI is InChI=1S/C23H24FN3O3/c1-27(17-4-2-16(24)3-5-17)18-6-7-19-15(9-11-30-22(19)12-18)13-26-21-14-25-10-8-20(21)23(28)29/h2-8,10,12,14-15,23,26,28-29H,9,11,13H2,1H3/t15-/m0/s1. The van der Waals surface area contributed by atoms with Crippen LogP contribution in [-0.4, -0.2) is 35.4 Å². The molecular formula is C23H24FN3O3. The summed E-state index contributed by atoms with van der Waals surface area (Å²) in [5, 5.41) is 22.4. The van der Waals surface area contributed by atoms with Crippen molar-refractivity contribution < 1.29 is 19.3 Å². The first kappa shape index (κ1) is 20.1. The van der Waals surface area contributed by atoms with Gasteiger partial charge in [0.05, 0.1) is 18.5 Å². The molecule has 7 heteroatoms. The van der Waals surface area contributed by atoms with Crippen LogP contribution in [0.1, 0.15) is 29.8 Å². The molecule has 0 aliphatic carbocycles. The highest BCUT2D eigenvalue weighted by Gasteiger charge is 2.23. The van der Waals surface area contributed by atoms with Gasteiger partial charge in [0.2, 0.25) is 0 Å². The molecule has 6 nitrogen and oxygen atoms in total. The number of aliphatic hydroxyl groups is 2. The fourth-order valence-electron chi connectivity index (χ4n) is 3.70. The molecule has 3 N–H and O–H groups in total. The van der Waals surface area contributed by atoms with Crippen molar-refractivity contribution in [2.45, 2.75) is 18.6 Å². The number of halogens is 1. The van der Waals surface area contributed by atoms with E-state index in [1.165, 1.54) is 18.3 Å². The van der Waals surface area contributed by atoms with Crippen LogP contribution in [0.3, 0.4) is 0 Å². The van der Waals surface area contributed by atoms with Gasteiger partial charge in [-0.05, 0) is 48.4 Å². The number of hydrogen-bond acceptors (Lipinski definition) is 6. The van der Waals surface area contributed by atoms with E-state index in [0.29, 0.717) is 24.4 Å². The largest absolute Gasteiger partial charge is 0.493 e. The Morgan fingerprint density at radius 2 is 1.93 bits per heavy atom. The zero-order valence-electron chi connectivity index (χ0n) is 16.6. The minimum Gasteiger partial charge on any atom is -0.493 e. The molecule has 0 bridgehead atoms. The van der Waals surface area contributed by atoms with Crippen LogP contribution >= 0.6 is 0 Å². The number of hydrogen-bond donors (Lipinski definition) is 3. The van der Waals surface area contributed by atoms with Crippen molar-refractivity contribution in [2.75, 3.05) is 30.4 Å². The minimum absolute atomic E-state index is 0.211. The number of anilines is 3. The summed E-state index contributed by atoms with van der Waals surface area (Å²) < 4.78 is 19.1. The van der Waals surface area contributed by atoms with Crippen molar-refractivity contribution in [3.05, 3.63) is 77.9 Å². The summed E-state index contributed by atoms with van der Waals surface area (Å²) in [5.74, 6) is 0.776. The molecule has 0 spiro atoms. The Balaban J connectivity index is 1.51. The van der Waals surface area contributed by atoms with Gasteiger partial charge in [0.1, 0.15) is 11.6 Å². The summed E-state index contributed by atoms with van der Waals surface area (Å²) in [6, 6.07) is 14.0. The maximum absolute atomic E-state index is 13.2. The highest BCUT2D eigenvalue weighted by atomic mass is 19.1. The molecule has 4 rings (SSSR count). The van der Waals surface area contributed by atoms with Gasteiger partial charge in [-0.15, -0.1) is 0 Å². The van der Waals surface area contributed by atoms with E-state index in [1.807, 2.05) is 24.1 Å². The number of fused-ring (bicyclic) bond motifs is 1. The van der Waals surface area contributed by atoms with Crippen molar-refractivity contribution in [3.63, 3.8) is 0 Å². The Bertz CT molecular complexity index is 1010. The molecule has 2 heterocycles. The van der Waals surface area contributed by atoms with Crippen LogP contribution in [0.2, 0.25) is 0 Å². The number of benzene rings is 2. The first-order valence-electron chi connectivity index (χ1n) is 9.83. The van der Waals surface area contributed by atoms with Crippen LogP contribution in [0, 0.1) is 5.82 Å². The molecule has 3 aromatic rings. The average molecular weight is 409 g/mol. The van der Waals surface area contributed by atoms with Gasteiger partial charge in [-0.3, -0.25) is 4.98 Å². The molecule has 2 aromatic carbocycles. The van der Waals surface area contributed by atoms with Gasteiger partial charge >= 0.3 is 0 Å². The van der Waals surface area contributed by atoms with Crippen molar-refractivity contribution in [2.24, 2.45) is 0 Å². The van der Waals surface area contributed by atoms with Gasteiger partial charge in [0.15, 0.2) is 6.29 Å². The average Bonchev–Trinajstić information content (AvgIpc) is 2.77. The van der Waals surface area contributed by atoms with Gasteiger partial charge in [-0.25, -0.2) is 4.39 Å². The summed E-state index contributed by atoms with van der Waals surface area (Å²) >= 11 is 0. The summed E-state index contributed by atoms with van der Waals surface area (Å²) in [6.07, 6.45) is 2.42. The monoisotopic (exact) mass is 409 g/mol. The normalized spacial score (nSPS) is 15.4. The maximum atomic E-state index is 13.2. The van der Waals surface area contributed by atoms with E-state index in [9.17, 15) is 14.6 Å². The molecule has 0 unspecified atom stereocenters. The first-order chi connectivity index (χ1) is 14.5. The lowest BCUT2D eigenvalue weighted by Gasteiger charge is -2.29. The summed E-state index contributed by atoms with van der Waals surface area (Å²) in [5.41, 5.74) is 3.94. The van der Waals surface area contributed by atoms with Gasteiger partial charge in [0, 0.05) is 48.7 Å². The van der Waals surface area contributed by atoms with E-state index < -0.39 is 6.29 Å². The Morgan fingerprint density at radius 1 is 1.17 bits per heavy atom. The lowest BCUT2D eigenvalue weighted by molar-refractivity contribution is -0.0419. The molecule has 30 heavy (non-hydrogen) atoms. The molecule has 0 saturated carbocycles. The summed E-state index contributed by atoms with van der Waals surface area (Å²) in [6.45, 7) is 1.22. The lowest BCUT2D eigenvalue weighted by Crippen LogP contribution is -2.22. The first-order valence-corrected chi connectivity index (χ1v) is 9.83. The summed E-state index contributed by atoms with van der Waals surface area (Å²) in [7, 11) is 1.93. The predicted octanol–water partition coefficient (Wildman–Crippen LogP) is 3.95. The SMILES string of the molecule is CN(c1ccc(F)cc1)c1ccc2c(c1)OCC[C@H]2CNc1cnccc1C(O)O. The third-order valence-electron chi connectivity index (χ3n) is 5.43. The molecule has 1 atom stereocenters. The summed E-state index contributed by atoms with van der Waals surface area (Å²) in [4.78, 5) is 6.04. The highest BCUT2D eigenvalue weighted by Crippen LogP contribution is 2.38. The van der Waals surface area contributed by atoms with E-state index >= 15 is 0 Å². The lowest BCUT2D eigenvalue weighted by atomic mass is 9.92. The van der Waals surface area contributed by atoms with Gasteiger partial charge in [-0.2, -0.15) is 0 Å². The van der Waals surface area contributed by atoms with E-state index in [1.54, 1.807) is 24.4 Å². The minimum atomic E-state index is -1.55. The number of ether oxygens (including phenoxy) is 1. The Hall–Kier alpha value is -3.16. The van der Waals surface area contributed by atoms with E-state index in [-0.39, 0.29) is 11.7 Å². The molecule has 1 aromatic heterocycles. The molecule has 0 amide bonds. The van der Waals surface area contributed by atoms with Crippen LogP contribution in [0.4, 0.5) is 21.5 Å². The molecule has 1 aliphatic rings. The van der Waals surface area contributed by atoms with Gasteiger partial charge in [-0.1, -0.05) is 6.07 Å².